The SMILES string of the molecule is CC(=O)NC(C)(C)c1noc([C@@H]2C[C@H]2c2cc(F)c(F)c(F)c2)n1. The molecule has 2 atom stereocenters. The first-order valence-electron chi connectivity index (χ1n) is 7.46. The van der Waals surface area contributed by atoms with Gasteiger partial charge in [-0.3, -0.25) is 4.79 Å². The Balaban J connectivity index is 1.78. The van der Waals surface area contributed by atoms with Gasteiger partial charge in [-0.2, -0.15) is 4.98 Å². The maximum absolute atomic E-state index is 13.3. The van der Waals surface area contributed by atoms with Gasteiger partial charge in [0.1, 0.15) is 0 Å². The lowest BCUT2D eigenvalue weighted by atomic mass is 10.1. The minimum atomic E-state index is -1.48. The van der Waals surface area contributed by atoms with E-state index in [0.717, 1.165) is 12.1 Å². The molecule has 1 N–H and O–H groups in total. The number of hydrogen-bond acceptors (Lipinski definition) is 4. The lowest BCUT2D eigenvalue weighted by Crippen LogP contribution is -2.40. The van der Waals surface area contributed by atoms with Crippen LogP contribution in [0, 0.1) is 17.5 Å². The van der Waals surface area contributed by atoms with Crippen LogP contribution in [0.25, 0.3) is 0 Å². The second-order valence-corrected chi connectivity index (χ2v) is 6.51. The second-order valence-electron chi connectivity index (χ2n) is 6.51. The predicted octanol–water partition coefficient (Wildman–Crippen LogP) is 3.13. The van der Waals surface area contributed by atoms with Gasteiger partial charge >= 0.3 is 0 Å². The van der Waals surface area contributed by atoms with Crippen molar-refractivity contribution < 1.29 is 22.5 Å². The highest BCUT2D eigenvalue weighted by atomic mass is 19.2. The van der Waals surface area contributed by atoms with E-state index < -0.39 is 23.0 Å². The monoisotopic (exact) mass is 339 g/mol. The maximum Gasteiger partial charge on any atom is 0.230 e. The highest BCUT2D eigenvalue weighted by Crippen LogP contribution is 2.54. The van der Waals surface area contributed by atoms with Crippen molar-refractivity contribution in [3.8, 4) is 0 Å². The molecular formula is C16H16F3N3O2. The van der Waals surface area contributed by atoms with Crippen molar-refractivity contribution >= 4 is 5.91 Å². The standard InChI is InChI=1S/C16H16F3N3O2/c1-7(23)21-16(2,3)15-20-14(24-22-15)10-6-9(10)8-4-11(17)13(19)12(18)5-8/h4-5,9-10H,6H2,1-3H3,(H,21,23)/t9-,10+/m0/s1. The van der Waals surface area contributed by atoms with Gasteiger partial charge in [-0.1, -0.05) is 5.16 Å². The van der Waals surface area contributed by atoms with Crippen LogP contribution >= 0.6 is 0 Å². The number of halogens is 3. The molecule has 8 heteroatoms. The van der Waals surface area contributed by atoms with Gasteiger partial charge in [-0.25, -0.2) is 13.2 Å². The molecule has 2 aromatic rings. The summed E-state index contributed by atoms with van der Waals surface area (Å²) in [6.07, 6.45) is 0.576. The molecule has 1 saturated carbocycles. The third-order valence-corrected chi connectivity index (χ3v) is 4.03. The van der Waals surface area contributed by atoms with Gasteiger partial charge in [0.25, 0.3) is 0 Å². The number of rotatable bonds is 4. The minimum Gasteiger partial charge on any atom is -0.344 e. The number of aromatic nitrogens is 2. The Morgan fingerprint density at radius 2 is 1.88 bits per heavy atom. The smallest absolute Gasteiger partial charge is 0.230 e. The summed E-state index contributed by atoms with van der Waals surface area (Å²) in [5.74, 6) is -3.87. The summed E-state index contributed by atoms with van der Waals surface area (Å²) in [6.45, 7) is 4.85. The predicted molar refractivity (Wildman–Crippen MR) is 77.6 cm³/mol. The number of carbonyl (C=O) groups excluding carboxylic acids is 1. The van der Waals surface area contributed by atoms with Crippen LogP contribution in [0.15, 0.2) is 16.7 Å². The van der Waals surface area contributed by atoms with Gasteiger partial charge in [-0.15, -0.1) is 0 Å². The maximum atomic E-state index is 13.3. The average molecular weight is 339 g/mol. The molecule has 1 fully saturated rings. The quantitative estimate of drug-likeness (QED) is 0.869. The van der Waals surface area contributed by atoms with Crippen molar-refractivity contribution in [3.05, 3.63) is 46.9 Å². The van der Waals surface area contributed by atoms with E-state index in [1.54, 1.807) is 13.8 Å². The molecule has 0 bridgehead atoms. The molecule has 1 amide bonds. The molecule has 1 aliphatic carbocycles. The van der Waals surface area contributed by atoms with Crippen molar-refractivity contribution in [3.63, 3.8) is 0 Å². The van der Waals surface area contributed by atoms with Crippen LogP contribution in [0.5, 0.6) is 0 Å². The molecule has 0 aliphatic heterocycles. The van der Waals surface area contributed by atoms with Crippen molar-refractivity contribution in [1.29, 1.82) is 0 Å². The molecule has 3 rings (SSSR count). The number of carbonyl (C=O) groups is 1. The van der Waals surface area contributed by atoms with E-state index in [4.69, 9.17) is 4.52 Å². The third kappa shape index (κ3) is 3.00. The summed E-state index contributed by atoms with van der Waals surface area (Å²) in [6, 6.07) is 1.98. The minimum absolute atomic E-state index is 0.177. The molecule has 1 aromatic carbocycles. The summed E-state index contributed by atoms with van der Waals surface area (Å²) >= 11 is 0. The Morgan fingerprint density at radius 1 is 1.25 bits per heavy atom. The summed E-state index contributed by atoms with van der Waals surface area (Å²) in [4.78, 5) is 15.5. The summed E-state index contributed by atoms with van der Waals surface area (Å²) in [5.41, 5.74) is -0.441. The van der Waals surface area contributed by atoms with Crippen molar-refractivity contribution in [2.24, 2.45) is 0 Å². The Kier molecular flexibility index (Phi) is 3.85. The van der Waals surface area contributed by atoms with Crippen LogP contribution in [0.3, 0.4) is 0 Å². The van der Waals surface area contributed by atoms with Crippen LogP contribution in [0.2, 0.25) is 0 Å². The van der Waals surface area contributed by atoms with Crippen molar-refractivity contribution in [1.82, 2.24) is 15.5 Å². The van der Waals surface area contributed by atoms with Crippen LogP contribution in [0.1, 0.15) is 56.3 Å². The van der Waals surface area contributed by atoms with Crippen LogP contribution in [-0.4, -0.2) is 16.0 Å². The molecule has 0 unspecified atom stereocenters. The zero-order valence-corrected chi connectivity index (χ0v) is 13.4. The lowest BCUT2D eigenvalue weighted by molar-refractivity contribution is -0.120. The topological polar surface area (TPSA) is 68.0 Å². The highest BCUT2D eigenvalue weighted by molar-refractivity contribution is 5.73. The lowest BCUT2D eigenvalue weighted by Gasteiger charge is -2.20. The van der Waals surface area contributed by atoms with Crippen LogP contribution < -0.4 is 5.32 Å². The normalized spacial score (nSPS) is 20.1. The molecule has 128 valence electrons. The first-order chi connectivity index (χ1) is 11.2. The molecule has 1 heterocycles. The first kappa shape index (κ1) is 16.5. The Labute approximate surface area is 136 Å². The van der Waals surface area contributed by atoms with Gasteiger partial charge in [0.2, 0.25) is 11.8 Å². The Hall–Kier alpha value is -2.38. The van der Waals surface area contributed by atoms with Crippen molar-refractivity contribution in [2.45, 2.75) is 44.6 Å². The van der Waals surface area contributed by atoms with E-state index in [2.05, 4.69) is 15.5 Å². The highest BCUT2D eigenvalue weighted by Gasteiger charge is 2.45. The Bertz CT molecular complexity index is 781. The average Bonchev–Trinajstić information content (AvgIpc) is 3.10. The molecule has 1 aliphatic rings. The summed E-state index contributed by atoms with van der Waals surface area (Å²) in [5, 5.41) is 6.58. The fraction of sp³-hybridized carbons (Fsp3) is 0.438. The van der Waals surface area contributed by atoms with E-state index in [1.807, 2.05) is 0 Å². The Morgan fingerprint density at radius 3 is 2.46 bits per heavy atom. The van der Waals surface area contributed by atoms with E-state index in [0.29, 0.717) is 23.7 Å². The molecular weight excluding hydrogens is 323 g/mol. The van der Waals surface area contributed by atoms with E-state index in [9.17, 15) is 18.0 Å². The van der Waals surface area contributed by atoms with E-state index in [1.165, 1.54) is 6.92 Å². The number of amides is 1. The van der Waals surface area contributed by atoms with Gasteiger partial charge in [-0.05, 0) is 43.9 Å². The zero-order valence-electron chi connectivity index (χ0n) is 13.4. The van der Waals surface area contributed by atoms with Crippen molar-refractivity contribution in [2.75, 3.05) is 0 Å². The van der Waals surface area contributed by atoms with Crippen LogP contribution in [-0.2, 0) is 10.3 Å². The van der Waals surface area contributed by atoms with Crippen LogP contribution in [0.4, 0.5) is 13.2 Å². The number of benzene rings is 1. The molecule has 0 saturated heterocycles. The van der Waals surface area contributed by atoms with Gasteiger partial charge < -0.3 is 9.84 Å². The second kappa shape index (κ2) is 5.61. The fourth-order valence-corrected chi connectivity index (χ4v) is 2.76. The van der Waals surface area contributed by atoms with Gasteiger partial charge in [0.05, 0.1) is 5.54 Å². The van der Waals surface area contributed by atoms with Gasteiger partial charge in [0.15, 0.2) is 23.3 Å². The number of hydrogen-bond donors (Lipinski definition) is 1. The molecule has 0 radical (unpaired) electrons. The largest absolute Gasteiger partial charge is 0.344 e. The third-order valence-electron chi connectivity index (χ3n) is 4.03. The summed E-state index contributed by atoms with van der Waals surface area (Å²) < 4.78 is 44.9. The zero-order chi connectivity index (χ0) is 17.6. The first-order valence-corrected chi connectivity index (χ1v) is 7.46. The van der Waals surface area contributed by atoms with Gasteiger partial charge in [0, 0.05) is 12.8 Å². The van der Waals surface area contributed by atoms with E-state index in [-0.39, 0.29) is 17.7 Å². The van der Waals surface area contributed by atoms with E-state index >= 15 is 0 Å². The molecule has 1 aromatic heterocycles. The molecule has 0 spiro atoms. The number of nitrogens with one attached hydrogen (secondary N) is 1. The fourth-order valence-electron chi connectivity index (χ4n) is 2.76. The number of nitrogens with zero attached hydrogens (tertiary/aromatic N) is 2. The molecule has 5 nitrogen and oxygen atoms in total. The summed E-state index contributed by atoms with van der Waals surface area (Å²) in [7, 11) is 0. The molecule has 24 heavy (non-hydrogen) atoms.